The highest BCUT2D eigenvalue weighted by atomic mass is 16.6. The molecular formula is C15H15NO5. The van der Waals surface area contributed by atoms with Gasteiger partial charge in [0.05, 0.1) is 14.2 Å². The Kier molecular flexibility index (Phi) is 3.39. The highest BCUT2D eigenvalue weighted by Gasteiger charge is 2.43. The van der Waals surface area contributed by atoms with E-state index in [0.29, 0.717) is 11.5 Å². The first-order valence-corrected chi connectivity index (χ1v) is 6.44. The molecule has 0 radical (unpaired) electrons. The Bertz CT molecular complexity index is 649. The van der Waals surface area contributed by atoms with Crippen molar-refractivity contribution < 1.29 is 23.7 Å². The van der Waals surface area contributed by atoms with E-state index in [1.165, 1.54) is 7.11 Å². The van der Waals surface area contributed by atoms with Crippen LogP contribution in [0.15, 0.2) is 35.7 Å². The second kappa shape index (κ2) is 5.21. The first-order chi connectivity index (χ1) is 10.2. The van der Waals surface area contributed by atoms with Crippen molar-refractivity contribution in [3.05, 3.63) is 47.0 Å². The van der Waals surface area contributed by atoms with Crippen LogP contribution >= 0.6 is 0 Å². The first-order valence-electron chi connectivity index (χ1n) is 6.44. The Labute approximate surface area is 122 Å². The summed E-state index contributed by atoms with van der Waals surface area (Å²) in [5.74, 6) is 0.198. The van der Waals surface area contributed by atoms with E-state index in [1.807, 2.05) is 12.1 Å². The van der Waals surface area contributed by atoms with Crippen LogP contribution in [0.5, 0.6) is 0 Å². The Morgan fingerprint density at radius 3 is 2.81 bits per heavy atom. The van der Waals surface area contributed by atoms with Gasteiger partial charge in [0.1, 0.15) is 11.8 Å². The molecule has 0 amide bonds. The number of fused-ring (bicyclic) bond motifs is 2. The predicted molar refractivity (Wildman–Crippen MR) is 72.9 cm³/mol. The molecule has 1 aliphatic carbocycles. The number of hydrogen-bond donors (Lipinski definition) is 0. The van der Waals surface area contributed by atoms with Gasteiger partial charge in [0.25, 0.3) is 0 Å². The molecule has 0 bridgehead atoms. The predicted octanol–water partition coefficient (Wildman–Crippen LogP) is 1.60. The normalized spacial score (nSPS) is 22.9. The fourth-order valence-corrected chi connectivity index (χ4v) is 2.69. The summed E-state index contributed by atoms with van der Waals surface area (Å²) in [5, 5.41) is 0. The van der Waals surface area contributed by atoms with E-state index < -0.39 is 12.1 Å². The van der Waals surface area contributed by atoms with E-state index >= 15 is 0 Å². The average molecular weight is 289 g/mol. The lowest BCUT2D eigenvalue weighted by Gasteiger charge is -2.30. The molecule has 6 heteroatoms. The zero-order valence-electron chi connectivity index (χ0n) is 12.0. The van der Waals surface area contributed by atoms with Crippen LogP contribution in [0.1, 0.15) is 17.4 Å². The summed E-state index contributed by atoms with van der Waals surface area (Å²) in [4.78, 5) is 16.0. The number of aromatic nitrogens is 1. The molecule has 0 spiro atoms. The summed E-state index contributed by atoms with van der Waals surface area (Å²) < 4.78 is 21.4. The third-order valence-electron chi connectivity index (χ3n) is 3.59. The zero-order valence-corrected chi connectivity index (χ0v) is 12.0. The molecule has 110 valence electrons. The van der Waals surface area contributed by atoms with E-state index in [2.05, 4.69) is 4.98 Å². The van der Waals surface area contributed by atoms with Gasteiger partial charge in [-0.25, -0.2) is 4.79 Å². The van der Waals surface area contributed by atoms with Gasteiger partial charge in [-0.3, -0.25) is 4.98 Å². The van der Waals surface area contributed by atoms with Crippen LogP contribution in [-0.2, 0) is 23.7 Å². The smallest absolute Gasteiger partial charge is 0.373 e. The SMILES string of the molecule is COC(=O)C1=CC2=C(OC)c3ncccc3C(OC)C2O1. The minimum absolute atomic E-state index is 0.141. The number of esters is 1. The Morgan fingerprint density at radius 2 is 2.14 bits per heavy atom. The summed E-state index contributed by atoms with van der Waals surface area (Å²) >= 11 is 0. The van der Waals surface area contributed by atoms with Gasteiger partial charge in [-0.05, 0) is 12.1 Å². The lowest BCUT2D eigenvalue weighted by atomic mass is 9.89. The summed E-state index contributed by atoms with van der Waals surface area (Å²) in [7, 11) is 4.47. The van der Waals surface area contributed by atoms with Crippen molar-refractivity contribution in [2.75, 3.05) is 21.3 Å². The maximum atomic E-state index is 11.7. The number of pyridine rings is 1. The van der Waals surface area contributed by atoms with Gasteiger partial charge in [0.2, 0.25) is 5.76 Å². The fraction of sp³-hybridized carbons (Fsp3) is 0.333. The van der Waals surface area contributed by atoms with Gasteiger partial charge in [0, 0.05) is 24.4 Å². The lowest BCUT2D eigenvalue weighted by molar-refractivity contribution is -0.141. The van der Waals surface area contributed by atoms with Crippen LogP contribution in [0.25, 0.3) is 5.76 Å². The lowest BCUT2D eigenvalue weighted by Crippen LogP contribution is -2.28. The van der Waals surface area contributed by atoms with Crippen LogP contribution < -0.4 is 0 Å². The quantitative estimate of drug-likeness (QED) is 0.787. The molecule has 1 aromatic heterocycles. The largest absolute Gasteiger partial charge is 0.494 e. The molecule has 2 heterocycles. The number of hydrogen-bond acceptors (Lipinski definition) is 6. The Balaban J connectivity index is 2.15. The first kappa shape index (κ1) is 13.6. The molecule has 2 unspecified atom stereocenters. The van der Waals surface area contributed by atoms with Gasteiger partial charge in [-0.2, -0.15) is 0 Å². The van der Waals surface area contributed by atoms with E-state index in [0.717, 1.165) is 11.1 Å². The summed E-state index contributed by atoms with van der Waals surface area (Å²) in [6.07, 6.45) is 2.50. The van der Waals surface area contributed by atoms with E-state index in [9.17, 15) is 4.79 Å². The van der Waals surface area contributed by atoms with Gasteiger partial charge in [0.15, 0.2) is 11.9 Å². The van der Waals surface area contributed by atoms with Crippen LogP contribution in [0.4, 0.5) is 0 Å². The third-order valence-corrected chi connectivity index (χ3v) is 3.59. The molecule has 21 heavy (non-hydrogen) atoms. The topological polar surface area (TPSA) is 66.9 Å². The molecular weight excluding hydrogens is 274 g/mol. The van der Waals surface area contributed by atoms with Gasteiger partial charge < -0.3 is 18.9 Å². The highest BCUT2D eigenvalue weighted by Crippen LogP contribution is 2.44. The zero-order chi connectivity index (χ0) is 15.0. The Hall–Kier alpha value is -2.34. The molecule has 0 N–H and O–H groups in total. The van der Waals surface area contributed by atoms with Crippen molar-refractivity contribution in [3.63, 3.8) is 0 Å². The molecule has 2 aliphatic rings. The molecule has 6 nitrogen and oxygen atoms in total. The van der Waals surface area contributed by atoms with Crippen molar-refractivity contribution in [2.24, 2.45) is 0 Å². The third kappa shape index (κ3) is 1.99. The van der Waals surface area contributed by atoms with Crippen LogP contribution in [0.2, 0.25) is 0 Å². The van der Waals surface area contributed by atoms with Crippen molar-refractivity contribution >= 4 is 11.7 Å². The van der Waals surface area contributed by atoms with Crippen LogP contribution in [0, 0.1) is 0 Å². The van der Waals surface area contributed by atoms with Crippen molar-refractivity contribution in [2.45, 2.75) is 12.2 Å². The maximum Gasteiger partial charge on any atom is 0.373 e. The standard InChI is InChI=1S/C15H15NO5/c1-18-12-9-7-10(15(17)20-3)21-14(9)13(19-2)8-5-4-6-16-11(8)12/h4-7,13-14H,1-3H3. The summed E-state index contributed by atoms with van der Waals surface area (Å²) in [5.41, 5.74) is 2.30. The molecule has 1 aliphatic heterocycles. The Morgan fingerprint density at radius 1 is 1.33 bits per heavy atom. The van der Waals surface area contributed by atoms with E-state index in [4.69, 9.17) is 18.9 Å². The molecule has 0 fully saturated rings. The highest BCUT2D eigenvalue weighted by molar-refractivity contribution is 5.89. The number of carbonyl (C=O) groups is 1. The summed E-state index contributed by atoms with van der Waals surface area (Å²) in [6.45, 7) is 0. The van der Waals surface area contributed by atoms with Crippen molar-refractivity contribution in [1.29, 1.82) is 0 Å². The van der Waals surface area contributed by atoms with Crippen LogP contribution in [-0.4, -0.2) is 38.4 Å². The van der Waals surface area contributed by atoms with E-state index in [1.54, 1.807) is 26.5 Å². The van der Waals surface area contributed by atoms with Crippen molar-refractivity contribution in [1.82, 2.24) is 4.98 Å². The monoisotopic (exact) mass is 289 g/mol. The van der Waals surface area contributed by atoms with Crippen molar-refractivity contribution in [3.8, 4) is 0 Å². The number of methoxy groups -OCH3 is 3. The number of ether oxygens (including phenoxy) is 4. The maximum absolute atomic E-state index is 11.7. The van der Waals surface area contributed by atoms with Gasteiger partial charge in [-0.15, -0.1) is 0 Å². The van der Waals surface area contributed by atoms with Gasteiger partial charge >= 0.3 is 5.97 Å². The second-order valence-electron chi connectivity index (χ2n) is 4.62. The second-order valence-corrected chi connectivity index (χ2v) is 4.62. The molecule has 0 saturated heterocycles. The molecule has 3 rings (SSSR count). The van der Waals surface area contributed by atoms with E-state index in [-0.39, 0.29) is 11.9 Å². The number of nitrogens with zero attached hydrogens (tertiary/aromatic N) is 1. The minimum Gasteiger partial charge on any atom is -0.494 e. The number of carbonyl (C=O) groups excluding carboxylic acids is 1. The van der Waals surface area contributed by atoms with Gasteiger partial charge in [-0.1, -0.05) is 6.07 Å². The molecule has 0 aromatic carbocycles. The molecule has 2 atom stereocenters. The van der Waals surface area contributed by atoms with Crippen LogP contribution in [0.3, 0.4) is 0 Å². The number of rotatable bonds is 3. The average Bonchev–Trinajstić information content (AvgIpc) is 2.96. The summed E-state index contributed by atoms with van der Waals surface area (Å²) in [6, 6.07) is 3.73. The molecule has 0 saturated carbocycles. The fourth-order valence-electron chi connectivity index (χ4n) is 2.69. The minimum atomic E-state index is -0.528. The molecule has 1 aromatic rings.